The average Bonchev–Trinajstić information content (AvgIpc) is 2.89. The molecule has 0 aliphatic carbocycles. The summed E-state index contributed by atoms with van der Waals surface area (Å²) in [6, 6.07) is 1.66. The van der Waals surface area contributed by atoms with Crippen LogP contribution in [0, 0.1) is 5.92 Å². The largest absolute Gasteiger partial charge is 0.396 e. The molecule has 5 nitrogen and oxygen atoms in total. The number of aliphatic hydroxyl groups is 1. The average molecular weight is 298 g/mol. The molecule has 1 unspecified atom stereocenters. The number of carbonyl (C=O) groups excluding carboxylic acids is 1. The third-order valence-corrected chi connectivity index (χ3v) is 3.83. The Kier molecular flexibility index (Phi) is 5.20. The second-order valence-electron chi connectivity index (χ2n) is 5.00. The number of nitrogens with zero attached hydrogens (tertiary/aromatic N) is 2. The first-order valence-corrected chi connectivity index (χ1v) is 7.33. The maximum atomic E-state index is 12.4. The summed E-state index contributed by atoms with van der Waals surface area (Å²) in [7, 11) is 0. The number of halogens is 1. The van der Waals surface area contributed by atoms with Crippen molar-refractivity contribution in [1.82, 2.24) is 9.88 Å². The lowest BCUT2D eigenvalue weighted by molar-refractivity contribution is 0.0784. The fourth-order valence-corrected chi connectivity index (χ4v) is 2.70. The summed E-state index contributed by atoms with van der Waals surface area (Å²) in [6.45, 7) is 4.30. The zero-order chi connectivity index (χ0) is 14.5. The number of likely N-dealkylation sites (tertiary alicyclic amines) is 1. The molecule has 1 amide bonds. The number of carbonyl (C=O) groups is 1. The van der Waals surface area contributed by atoms with Gasteiger partial charge in [0.05, 0.1) is 10.6 Å². The van der Waals surface area contributed by atoms with Crippen LogP contribution < -0.4 is 5.32 Å². The minimum absolute atomic E-state index is 0.0390. The standard InChI is InChI=1S/C14H20ClN3O2/c1-2-16-13-12(15)7-11(8-17-13)14(20)18-5-3-10(9-18)4-6-19/h7-8,10,19H,2-6,9H2,1H3,(H,16,17). The van der Waals surface area contributed by atoms with Gasteiger partial charge in [-0.25, -0.2) is 4.98 Å². The number of aliphatic hydroxyl groups excluding tert-OH is 1. The van der Waals surface area contributed by atoms with E-state index in [0.717, 1.165) is 25.9 Å². The fraction of sp³-hybridized carbons (Fsp3) is 0.571. The van der Waals surface area contributed by atoms with Gasteiger partial charge < -0.3 is 15.3 Å². The van der Waals surface area contributed by atoms with Gasteiger partial charge in [-0.2, -0.15) is 0 Å². The summed E-state index contributed by atoms with van der Waals surface area (Å²) in [6.07, 6.45) is 3.26. The Balaban J connectivity index is 2.04. The van der Waals surface area contributed by atoms with E-state index in [1.54, 1.807) is 17.2 Å². The highest BCUT2D eigenvalue weighted by molar-refractivity contribution is 6.33. The third kappa shape index (κ3) is 3.41. The number of amides is 1. The number of rotatable bonds is 5. The molecule has 6 heteroatoms. The van der Waals surface area contributed by atoms with E-state index < -0.39 is 0 Å². The number of nitrogens with one attached hydrogen (secondary N) is 1. The smallest absolute Gasteiger partial charge is 0.255 e. The lowest BCUT2D eigenvalue weighted by atomic mass is 10.1. The monoisotopic (exact) mass is 297 g/mol. The molecule has 1 fully saturated rings. The summed E-state index contributed by atoms with van der Waals surface area (Å²) >= 11 is 6.11. The SMILES string of the molecule is CCNc1ncc(C(=O)N2CCC(CCO)C2)cc1Cl. The molecular weight excluding hydrogens is 278 g/mol. The fourth-order valence-electron chi connectivity index (χ4n) is 2.47. The van der Waals surface area contributed by atoms with Gasteiger partial charge in [-0.3, -0.25) is 4.79 Å². The van der Waals surface area contributed by atoms with Crippen LogP contribution in [0.3, 0.4) is 0 Å². The number of aromatic nitrogens is 1. The summed E-state index contributed by atoms with van der Waals surface area (Å²) in [5.74, 6) is 0.960. The molecule has 0 saturated carbocycles. The Morgan fingerprint density at radius 3 is 3.10 bits per heavy atom. The van der Waals surface area contributed by atoms with Gasteiger partial charge in [0.2, 0.25) is 0 Å². The predicted molar refractivity (Wildman–Crippen MR) is 79.1 cm³/mol. The van der Waals surface area contributed by atoms with Gasteiger partial charge in [-0.05, 0) is 31.7 Å². The van der Waals surface area contributed by atoms with Gasteiger partial charge >= 0.3 is 0 Å². The van der Waals surface area contributed by atoms with E-state index in [4.69, 9.17) is 16.7 Å². The maximum Gasteiger partial charge on any atom is 0.255 e. The molecule has 1 saturated heterocycles. The Morgan fingerprint density at radius 1 is 1.65 bits per heavy atom. The van der Waals surface area contributed by atoms with Crippen molar-refractivity contribution < 1.29 is 9.90 Å². The second-order valence-corrected chi connectivity index (χ2v) is 5.41. The number of hydrogen-bond donors (Lipinski definition) is 2. The highest BCUT2D eigenvalue weighted by Gasteiger charge is 2.26. The van der Waals surface area contributed by atoms with Crippen molar-refractivity contribution in [2.45, 2.75) is 19.8 Å². The summed E-state index contributed by atoms with van der Waals surface area (Å²) < 4.78 is 0. The molecule has 110 valence electrons. The molecule has 2 N–H and O–H groups in total. The molecule has 20 heavy (non-hydrogen) atoms. The highest BCUT2D eigenvalue weighted by Crippen LogP contribution is 2.24. The molecule has 0 bridgehead atoms. The van der Waals surface area contributed by atoms with Gasteiger partial charge in [-0.1, -0.05) is 11.6 Å². The molecule has 2 heterocycles. The van der Waals surface area contributed by atoms with Crippen molar-refractivity contribution in [1.29, 1.82) is 0 Å². The third-order valence-electron chi connectivity index (χ3n) is 3.54. The van der Waals surface area contributed by atoms with Gasteiger partial charge in [0, 0.05) is 32.4 Å². The molecule has 1 aliphatic heterocycles. The summed E-state index contributed by atoms with van der Waals surface area (Å²) in [4.78, 5) is 18.4. The number of hydrogen-bond acceptors (Lipinski definition) is 4. The summed E-state index contributed by atoms with van der Waals surface area (Å²) in [5, 5.41) is 12.4. The van der Waals surface area contributed by atoms with Crippen LogP contribution in [0.25, 0.3) is 0 Å². The minimum atomic E-state index is -0.0390. The van der Waals surface area contributed by atoms with Crippen LogP contribution in [-0.4, -0.2) is 47.1 Å². The second kappa shape index (κ2) is 6.90. The molecule has 1 aromatic rings. The van der Waals surface area contributed by atoms with Crippen LogP contribution in [0.2, 0.25) is 5.02 Å². The maximum absolute atomic E-state index is 12.4. The lowest BCUT2D eigenvalue weighted by Gasteiger charge is -2.17. The zero-order valence-corrected chi connectivity index (χ0v) is 12.4. The Morgan fingerprint density at radius 2 is 2.45 bits per heavy atom. The molecular formula is C14H20ClN3O2. The summed E-state index contributed by atoms with van der Waals surface area (Å²) in [5.41, 5.74) is 0.515. The first-order chi connectivity index (χ1) is 9.65. The molecule has 1 atom stereocenters. The minimum Gasteiger partial charge on any atom is -0.396 e. The van der Waals surface area contributed by atoms with Crippen molar-refractivity contribution in [2.75, 3.05) is 31.6 Å². The van der Waals surface area contributed by atoms with E-state index >= 15 is 0 Å². The van der Waals surface area contributed by atoms with E-state index in [1.807, 2.05) is 6.92 Å². The zero-order valence-electron chi connectivity index (χ0n) is 11.6. The first-order valence-electron chi connectivity index (χ1n) is 6.95. The Hall–Kier alpha value is -1.33. The van der Waals surface area contributed by atoms with E-state index in [9.17, 15) is 4.79 Å². The van der Waals surface area contributed by atoms with Gasteiger partial charge in [0.1, 0.15) is 5.82 Å². The van der Waals surface area contributed by atoms with Crippen LogP contribution in [0.15, 0.2) is 12.3 Å². The van der Waals surface area contributed by atoms with Crippen LogP contribution in [0.4, 0.5) is 5.82 Å². The van der Waals surface area contributed by atoms with Gasteiger partial charge in [0.15, 0.2) is 0 Å². The van der Waals surface area contributed by atoms with Crippen LogP contribution in [0.5, 0.6) is 0 Å². The molecule has 1 aromatic heterocycles. The van der Waals surface area contributed by atoms with E-state index in [2.05, 4.69) is 10.3 Å². The normalized spacial score (nSPS) is 18.4. The van der Waals surface area contributed by atoms with Crippen molar-refractivity contribution in [2.24, 2.45) is 5.92 Å². The van der Waals surface area contributed by atoms with Crippen LogP contribution in [0.1, 0.15) is 30.1 Å². The molecule has 1 aliphatic rings. The van der Waals surface area contributed by atoms with Gasteiger partial charge in [0.25, 0.3) is 5.91 Å². The Bertz CT molecular complexity index is 481. The quantitative estimate of drug-likeness (QED) is 0.872. The van der Waals surface area contributed by atoms with Crippen molar-refractivity contribution >= 4 is 23.3 Å². The molecule has 2 rings (SSSR count). The van der Waals surface area contributed by atoms with Crippen molar-refractivity contribution in [3.05, 3.63) is 22.8 Å². The van der Waals surface area contributed by atoms with Crippen molar-refractivity contribution in [3.8, 4) is 0 Å². The van der Waals surface area contributed by atoms with Crippen molar-refractivity contribution in [3.63, 3.8) is 0 Å². The lowest BCUT2D eigenvalue weighted by Crippen LogP contribution is -2.29. The van der Waals surface area contributed by atoms with Gasteiger partial charge in [-0.15, -0.1) is 0 Å². The molecule has 0 radical (unpaired) electrons. The predicted octanol–water partition coefficient (Wildman–Crippen LogP) is 2.01. The highest BCUT2D eigenvalue weighted by atomic mass is 35.5. The van der Waals surface area contributed by atoms with E-state index in [1.165, 1.54) is 0 Å². The number of pyridine rings is 1. The molecule has 0 aromatic carbocycles. The molecule has 0 spiro atoms. The Labute approximate surface area is 123 Å². The van der Waals surface area contributed by atoms with E-state index in [-0.39, 0.29) is 12.5 Å². The van der Waals surface area contributed by atoms with Crippen LogP contribution >= 0.6 is 11.6 Å². The van der Waals surface area contributed by atoms with Crippen LogP contribution in [-0.2, 0) is 0 Å². The topological polar surface area (TPSA) is 65.5 Å². The number of anilines is 1. The first kappa shape index (κ1) is 15.1. The van der Waals surface area contributed by atoms with E-state index in [0.29, 0.717) is 28.9 Å².